The van der Waals surface area contributed by atoms with Crippen molar-refractivity contribution in [2.45, 2.75) is 46.1 Å². The van der Waals surface area contributed by atoms with Crippen LogP contribution in [0.3, 0.4) is 0 Å². The van der Waals surface area contributed by atoms with E-state index in [0.29, 0.717) is 18.4 Å². The van der Waals surface area contributed by atoms with Crippen molar-refractivity contribution in [3.63, 3.8) is 0 Å². The number of aliphatic imine (C=N–C) groups is 1. The third-order valence-corrected chi connectivity index (χ3v) is 4.00. The SMILES string of the molecule is CCc1nncn1CCN=C(N)Nc1ccc(C(C)CC)cc1. The lowest BCUT2D eigenvalue weighted by Crippen LogP contribution is -2.23. The zero-order chi connectivity index (χ0) is 16.7. The lowest BCUT2D eigenvalue weighted by molar-refractivity contribution is 0.666. The first-order chi connectivity index (χ1) is 11.1. The van der Waals surface area contributed by atoms with Crippen molar-refractivity contribution >= 4 is 11.6 Å². The molecule has 0 amide bonds. The highest BCUT2D eigenvalue weighted by Gasteiger charge is 2.03. The van der Waals surface area contributed by atoms with Gasteiger partial charge in [0.1, 0.15) is 12.2 Å². The number of nitrogens with two attached hydrogens (primary N) is 1. The Morgan fingerprint density at radius 3 is 2.70 bits per heavy atom. The lowest BCUT2D eigenvalue weighted by Gasteiger charge is -2.11. The molecule has 6 heteroatoms. The number of nitrogens with one attached hydrogen (secondary N) is 1. The third-order valence-electron chi connectivity index (χ3n) is 4.00. The maximum absolute atomic E-state index is 5.94. The summed E-state index contributed by atoms with van der Waals surface area (Å²) in [5.41, 5.74) is 8.23. The molecule has 0 saturated carbocycles. The van der Waals surface area contributed by atoms with E-state index in [4.69, 9.17) is 5.73 Å². The summed E-state index contributed by atoms with van der Waals surface area (Å²) in [6.45, 7) is 7.80. The van der Waals surface area contributed by atoms with Crippen molar-refractivity contribution in [3.05, 3.63) is 42.0 Å². The Kier molecular flexibility index (Phi) is 6.14. The van der Waals surface area contributed by atoms with Crippen molar-refractivity contribution in [2.75, 3.05) is 11.9 Å². The van der Waals surface area contributed by atoms with Gasteiger partial charge < -0.3 is 15.6 Å². The standard InChI is InChI=1S/C17H26N6/c1-4-13(3)14-6-8-15(9-7-14)21-17(18)19-10-11-23-12-20-22-16(23)5-2/h6-9,12-13H,4-5,10-11H2,1-3H3,(H3,18,19,21). The van der Waals surface area contributed by atoms with E-state index in [1.54, 1.807) is 6.33 Å². The van der Waals surface area contributed by atoms with Crippen LogP contribution in [0.5, 0.6) is 0 Å². The van der Waals surface area contributed by atoms with Gasteiger partial charge in [0, 0.05) is 18.7 Å². The van der Waals surface area contributed by atoms with Gasteiger partial charge in [0.15, 0.2) is 5.96 Å². The van der Waals surface area contributed by atoms with E-state index in [1.807, 2.05) is 16.7 Å². The number of benzene rings is 1. The zero-order valence-corrected chi connectivity index (χ0v) is 14.2. The van der Waals surface area contributed by atoms with E-state index in [-0.39, 0.29) is 0 Å². The van der Waals surface area contributed by atoms with Crippen molar-refractivity contribution in [2.24, 2.45) is 10.7 Å². The average molecular weight is 314 g/mol. The summed E-state index contributed by atoms with van der Waals surface area (Å²) in [7, 11) is 0. The monoisotopic (exact) mass is 314 g/mol. The minimum absolute atomic E-state index is 0.424. The van der Waals surface area contributed by atoms with Crippen LogP contribution in [-0.4, -0.2) is 27.3 Å². The minimum Gasteiger partial charge on any atom is -0.370 e. The van der Waals surface area contributed by atoms with Crippen molar-refractivity contribution in [3.8, 4) is 0 Å². The Labute approximate surface area is 137 Å². The molecule has 1 atom stereocenters. The summed E-state index contributed by atoms with van der Waals surface area (Å²) in [6.07, 6.45) is 3.73. The highest BCUT2D eigenvalue weighted by Crippen LogP contribution is 2.20. The van der Waals surface area contributed by atoms with Crippen LogP contribution in [0.2, 0.25) is 0 Å². The van der Waals surface area contributed by atoms with E-state index >= 15 is 0 Å². The first-order valence-electron chi connectivity index (χ1n) is 8.17. The largest absolute Gasteiger partial charge is 0.370 e. The first kappa shape index (κ1) is 17.0. The molecular formula is C17H26N6. The zero-order valence-electron chi connectivity index (χ0n) is 14.2. The second kappa shape index (κ2) is 8.31. The van der Waals surface area contributed by atoms with Gasteiger partial charge in [-0.1, -0.05) is 32.9 Å². The number of hydrogen-bond acceptors (Lipinski definition) is 3. The topological polar surface area (TPSA) is 81.1 Å². The first-order valence-corrected chi connectivity index (χ1v) is 8.17. The van der Waals surface area contributed by atoms with Crippen LogP contribution >= 0.6 is 0 Å². The molecule has 1 aromatic carbocycles. The fourth-order valence-corrected chi connectivity index (χ4v) is 2.34. The van der Waals surface area contributed by atoms with Crippen molar-refractivity contribution < 1.29 is 0 Å². The molecule has 1 aromatic heterocycles. The molecule has 1 heterocycles. The fourth-order valence-electron chi connectivity index (χ4n) is 2.34. The second-order valence-electron chi connectivity index (χ2n) is 5.62. The van der Waals surface area contributed by atoms with Crippen molar-refractivity contribution in [1.82, 2.24) is 14.8 Å². The van der Waals surface area contributed by atoms with Gasteiger partial charge in [0.05, 0.1) is 6.54 Å². The summed E-state index contributed by atoms with van der Waals surface area (Å²) < 4.78 is 2.00. The molecule has 3 N–H and O–H groups in total. The molecule has 23 heavy (non-hydrogen) atoms. The van der Waals surface area contributed by atoms with Crippen LogP contribution in [0.1, 0.15) is 44.5 Å². The summed E-state index contributed by atoms with van der Waals surface area (Å²) in [5.74, 6) is 1.96. The predicted molar refractivity (Wildman–Crippen MR) is 94.7 cm³/mol. The number of rotatable bonds is 7. The molecule has 124 valence electrons. The van der Waals surface area contributed by atoms with Gasteiger partial charge in [-0.25, -0.2) is 0 Å². The summed E-state index contributed by atoms with van der Waals surface area (Å²) in [5, 5.41) is 11.1. The Hall–Kier alpha value is -2.37. The molecule has 0 radical (unpaired) electrons. The molecule has 2 aromatic rings. The van der Waals surface area contributed by atoms with E-state index in [9.17, 15) is 0 Å². The van der Waals surface area contributed by atoms with Gasteiger partial charge in [-0.05, 0) is 30.0 Å². The minimum atomic E-state index is 0.424. The third kappa shape index (κ3) is 4.81. The Bertz CT molecular complexity index is 629. The number of guanidine groups is 1. The molecule has 1 unspecified atom stereocenters. The summed E-state index contributed by atoms with van der Waals surface area (Å²) in [6, 6.07) is 8.35. The Morgan fingerprint density at radius 2 is 2.04 bits per heavy atom. The van der Waals surface area contributed by atoms with Crippen LogP contribution < -0.4 is 11.1 Å². The van der Waals surface area contributed by atoms with Crippen molar-refractivity contribution in [1.29, 1.82) is 0 Å². The molecule has 2 rings (SSSR count). The van der Waals surface area contributed by atoms with Crippen LogP contribution in [0.4, 0.5) is 5.69 Å². The molecule has 0 saturated heterocycles. The van der Waals surface area contributed by atoms with Gasteiger partial charge in [0.25, 0.3) is 0 Å². The van der Waals surface area contributed by atoms with Gasteiger partial charge >= 0.3 is 0 Å². The van der Waals surface area contributed by atoms with Crippen LogP contribution in [0.25, 0.3) is 0 Å². The van der Waals surface area contributed by atoms with Gasteiger partial charge in [-0.15, -0.1) is 10.2 Å². The molecule has 6 nitrogen and oxygen atoms in total. The second-order valence-corrected chi connectivity index (χ2v) is 5.62. The Morgan fingerprint density at radius 1 is 1.30 bits per heavy atom. The number of anilines is 1. The van der Waals surface area contributed by atoms with E-state index < -0.39 is 0 Å². The molecule has 0 aliphatic carbocycles. The molecule has 0 spiro atoms. The Balaban J connectivity index is 1.87. The highest BCUT2D eigenvalue weighted by atomic mass is 15.3. The van der Waals surface area contributed by atoms with Gasteiger partial charge in [-0.2, -0.15) is 0 Å². The predicted octanol–water partition coefficient (Wildman–Crippen LogP) is 2.78. The van der Waals surface area contributed by atoms with Gasteiger partial charge in [-0.3, -0.25) is 4.99 Å². The highest BCUT2D eigenvalue weighted by molar-refractivity contribution is 5.92. The number of aromatic nitrogens is 3. The molecule has 0 aliphatic rings. The number of aryl methyl sites for hydroxylation is 1. The molecule has 0 fully saturated rings. The molecule has 0 bridgehead atoms. The number of hydrogen-bond donors (Lipinski definition) is 2. The normalized spacial score (nSPS) is 13.1. The van der Waals surface area contributed by atoms with Crippen LogP contribution in [-0.2, 0) is 13.0 Å². The smallest absolute Gasteiger partial charge is 0.193 e. The van der Waals surface area contributed by atoms with E-state index in [0.717, 1.165) is 30.9 Å². The lowest BCUT2D eigenvalue weighted by atomic mass is 9.99. The van der Waals surface area contributed by atoms with Crippen LogP contribution in [0, 0.1) is 0 Å². The van der Waals surface area contributed by atoms with Crippen LogP contribution in [0.15, 0.2) is 35.6 Å². The van der Waals surface area contributed by atoms with E-state index in [2.05, 4.69) is 53.4 Å². The maximum Gasteiger partial charge on any atom is 0.193 e. The number of nitrogens with zero attached hydrogens (tertiary/aromatic N) is 4. The maximum atomic E-state index is 5.94. The molecular weight excluding hydrogens is 288 g/mol. The average Bonchev–Trinajstić information content (AvgIpc) is 3.02. The molecule has 0 aliphatic heterocycles. The van der Waals surface area contributed by atoms with E-state index in [1.165, 1.54) is 5.56 Å². The summed E-state index contributed by atoms with van der Waals surface area (Å²) in [4.78, 5) is 4.35. The van der Waals surface area contributed by atoms with Gasteiger partial charge in [0.2, 0.25) is 0 Å². The fraction of sp³-hybridized carbons (Fsp3) is 0.471. The summed E-state index contributed by atoms with van der Waals surface area (Å²) >= 11 is 0. The quantitative estimate of drug-likeness (QED) is 0.608.